The van der Waals surface area contributed by atoms with E-state index in [1.807, 2.05) is 18.2 Å². The van der Waals surface area contributed by atoms with Gasteiger partial charge < -0.3 is 10.4 Å². The average Bonchev–Trinajstić information content (AvgIpc) is 2.37. The van der Waals surface area contributed by atoms with Crippen LogP contribution in [0.15, 0.2) is 24.3 Å². The Morgan fingerprint density at radius 2 is 1.89 bits per heavy atom. The first-order valence-corrected chi connectivity index (χ1v) is 6.69. The summed E-state index contributed by atoms with van der Waals surface area (Å²) in [7, 11) is 0. The maximum atomic E-state index is 11.6. The topological polar surface area (TPSA) is 66.4 Å². The molecule has 1 rings (SSSR count). The van der Waals surface area contributed by atoms with Gasteiger partial charge in [-0.05, 0) is 30.9 Å². The van der Waals surface area contributed by atoms with Crippen LogP contribution in [0.25, 0.3) is 0 Å². The number of nitrogens with one attached hydrogen (secondary N) is 1. The van der Waals surface area contributed by atoms with Crippen LogP contribution >= 0.6 is 11.6 Å². The molecule has 1 amide bonds. The van der Waals surface area contributed by atoms with Gasteiger partial charge in [-0.15, -0.1) is 0 Å². The molecule has 0 aliphatic carbocycles. The molecular weight excluding hydrogens is 266 g/mol. The highest BCUT2D eigenvalue weighted by atomic mass is 35.5. The number of carbonyl (C=O) groups excluding carboxylic acids is 1. The fourth-order valence-corrected chi connectivity index (χ4v) is 1.90. The normalized spacial score (nSPS) is 10.2. The molecule has 19 heavy (non-hydrogen) atoms. The summed E-state index contributed by atoms with van der Waals surface area (Å²) in [4.78, 5) is 21.8. The maximum Gasteiger partial charge on any atom is 0.303 e. The lowest BCUT2D eigenvalue weighted by atomic mass is 10.1. The summed E-state index contributed by atoms with van der Waals surface area (Å²) in [5, 5.41) is 11.9. The van der Waals surface area contributed by atoms with E-state index in [0.717, 1.165) is 5.56 Å². The van der Waals surface area contributed by atoms with E-state index in [0.29, 0.717) is 37.3 Å². The Morgan fingerprint density at radius 1 is 1.16 bits per heavy atom. The Morgan fingerprint density at radius 3 is 2.58 bits per heavy atom. The van der Waals surface area contributed by atoms with Gasteiger partial charge in [0, 0.05) is 24.4 Å². The van der Waals surface area contributed by atoms with Crippen molar-refractivity contribution in [2.45, 2.75) is 32.1 Å². The summed E-state index contributed by atoms with van der Waals surface area (Å²) in [6.07, 6.45) is 2.42. The van der Waals surface area contributed by atoms with Crippen molar-refractivity contribution in [2.75, 3.05) is 6.54 Å². The highest BCUT2D eigenvalue weighted by molar-refractivity contribution is 6.31. The number of hydrogen-bond donors (Lipinski definition) is 2. The molecule has 0 saturated carbocycles. The van der Waals surface area contributed by atoms with Gasteiger partial charge in [0.15, 0.2) is 0 Å². The van der Waals surface area contributed by atoms with Crippen molar-refractivity contribution < 1.29 is 14.7 Å². The van der Waals surface area contributed by atoms with Gasteiger partial charge >= 0.3 is 5.97 Å². The molecule has 0 saturated heterocycles. The summed E-state index contributed by atoms with van der Waals surface area (Å²) in [6.45, 7) is 0.522. The number of carboxylic acids is 1. The lowest BCUT2D eigenvalue weighted by Gasteiger charge is -2.06. The number of aryl methyl sites for hydroxylation is 1. The number of carboxylic acid groups (broad SMARTS) is 1. The number of carbonyl (C=O) groups is 2. The van der Waals surface area contributed by atoms with E-state index in [2.05, 4.69) is 5.32 Å². The fraction of sp³-hybridized carbons (Fsp3) is 0.429. The fourth-order valence-electron chi connectivity index (χ4n) is 1.67. The first-order chi connectivity index (χ1) is 9.09. The molecule has 2 N–H and O–H groups in total. The predicted octanol–water partition coefficient (Wildman–Crippen LogP) is 2.64. The first-order valence-electron chi connectivity index (χ1n) is 6.31. The summed E-state index contributed by atoms with van der Waals surface area (Å²) in [5.41, 5.74) is 0.963. The zero-order valence-electron chi connectivity index (χ0n) is 10.7. The van der Waals surface area contributed by atoms with Crippen molar-refractivity contribution in [1.82, 2.24) is 5.32 Å². The van der Waals surface area contributed by atoms with Gasteiger partial charge in [-0.2, -0.15) is 0 Å². The number of amides is 1. The van der Waals surface area contributed by atoms with Crippen LogP contribution in [0.1, 0.15) is 31.2 Å². The average molecular weight is 284 g/mol. The second-order valence-corrected chi connectivity index (χ2v) is 4.70. The van der Waals surface area contributed by atoms with E-state index < -0.39 is 5.97 Å². The molecule has 5 heteroatoms. The molecule has 0 spiro atoms. The first kappa shape index (κ1) is 15.5. The van der Waals surface area contributed by atoms with E-state index >= 15 is 0 Å². The standard InChI is InChI=1S/C14H18ClNO3/c15-12-6-2-1-5-11(12)8-9-13(17)16-10-4-3-7-14(18)19/h1-2,5-6H,3-4,7-10H2,(H,16,17)(H,18,19). The van der Waals surface area contributed by atoms with Gasteiger partial charge in [-0.3, -0.25) is 9.59 Å². The van der Waals surface area contributed by atoms with Crippen molar-refractivity contribution in [3.63, 3.8) is 0 Å². The highest BCUT2D eigenvalue weighted by Crippen LogP contribution is 2.16. The third-order valence-electron chi connectivity index (χ3n) is 2.72. The number of aliphatic carboxylic acids is 1. The predicted molar refractivity (Wildman–Crippen MR) is 74.3 cm³/mol. The molecule has 0 radical (unpaired) electrons. The smallest absolute Gasteiger partial charge is 0.303 e. The summed E-state index contributed by atoms with van der Waals surface area (Å²) >= 11 is 6.00. The number of rotatable bonds is 8. The quantitative estimate of drug-likeness (QED) is 0.721. The molecule has 104 valence electrons. The summed E-state index contributed by atoms with van der Waals surface area (Å²) in [6, 6.07) is 7.46. The van der Waals surface area contributed by atoms with Gasteiger partial charge in [-0.25, -0.2) is 0 Å². The second-order valence-electron chi connectivity index (χ2n) is 4.29. The third-order valence-corrected chi connectivity index (χ3v) is 3.09. The van der Waals surface area contributed by atoms with Gasteiger partial charge in [0.25, 0.3) is 0 Å². The van der Waals surface area contributed by atoms with Crippen LogP contribution in [-0.2, 0) is 16.0 Å². The summed E-state index contributed by atoms with van der Waals surface area (Å²) < 4.78 is 0. The number of hydrogen-bond acceptors (Lipinski definition) is 2. The largest absolute Gasteiger partial charge is 0.481 e. The molecule has 0 unspecified atom stereocenters. The Bertz CT molecular complexity index is 434. The van der Waals surface area contributed by atoms with Crippen LogP contribution in [-0.4, -0.2) is 23.5 Å². The Balaban J connectivity index is 2.15. The molecule has 1 aromatic carbocycles. The van der Waals surface area contributed by atoms with Gasteiger partial charge in [0.2, 0.25) is 5.91 Å². The molecule has 0 atom stereocenters. The Labute approximate surface area is 117 Å². The van der Waals surface area contributed by atoms with Crippen molar-refractivity contribution in [3.05, 3.63) is 34.9 Å². The molecule has 0 aliphatic heterocycles. The van der Waals surface area contributed by atoms with E-state index in [-0.39, 0.29) is 12.3 Å². The van der Waals surface area contributed by atoms with Crippen LogP contribution < -0.4 is 5.32 Å². The number of halogens is 1. The van der Waals surface area contributed by atoms with E-state index in [9.17, 15) is 9.59 Å². The Hall–Kier alpha value is -1.55. The zero-order chi connectivity index (χ0) is 14.1. The van der Waals surface area contributed by atoms with Crippen LogP contribution in [0.3, 0.4) is 0 Å². The van der Waals surface area contributed by atoms with Crippen molar-refractivity contribution in [2.24, 2.45) is 0 Å². The van der Waals surface area contributed by atoms with E-state index in [1.54, 1.807) is 6.07 Å². The lowest BCUT2D eigenvalue weighted by Crippen LogP contribution is -2.24. The van der Waals surface area contributed by atoms with Crippen molar-refractivity contribution >= 4 is 23.5 Å². The second kappa shape index (κ2) is 8.53. The van der Waals surface area contributed by atoms with Crippen LogP contribution in [0.2, 0.25) is 5.02 Å². The molecule has 0 bridgehead atoms. The molecular formula is C14H18ClNO3. The molecule has 4 nitrogen and oxygen atoms in total. The van der Waals surface area contributed by atoms with Gasteiger partial charge in [0.05, 0.1) is 0 Å². The SMILES string of the molecule is O=C(O)CCCCNC(=O)CCc1ccccc1Cl. The minimum atomic E-state index is -0.801. The summed E-state index contributed by atoms with van der Waals surface area (Å²) in [5.74, 6) is -0.833. The Kier molecular flexibility index (Phi) is 6.97. The van der Waals surface area contributed by atoms with Crippen LogP contribution in [0.5, 0.6) is 0 Å². The van der Waals surface area contributed by atoms with E-state index in [4.69, 9.17) is 16.7 Å². The minimum absolute atomic E-state index is 0.0322. The number of benzene rings is 1. The van der Waals surface area contributed by atoms with Crippen LogP contribution in [0, 0.1) is 0 Å². The highest BCUT2D eigenvalue weighted by Gasteiger charge is 2.04. The molecule has 0 aromatic heterocycles. The van der Waals surface area contributed by atoms with Crippen LogP contribution in [0.4, 0.5) is 0 Å². The molecule has 0 heterocycles. The maximum absolute atomic E-state index is 11.6. The monoisotopic (exact) mass is 283 g/mol. The minimum Gasteiger partial charge on any atom is -0.481 e. The molecule has 1 aromatic rings. The van der Waals surface area contributed by atoms with Gasteiger partial charge in [-0.1, -0.05) is 29.8 Å². The molecule has 0 aliphatic rings. The van der Waals surface area contributed by atoms with E-state index in [1.165, 1.54) is 0 Å². The van der Waals surface area contributed by atoms with Crippen molar-refractivity contribution in [3.8, 4) is 0 Å². The number of unbranched alkanes of at least 4 members (excludes halogenated alkanes) is 1. The zero-order valence-corrected chi connectivity index (χ0v) is 11.4. The van der Waals surface area contributed by atoms with Gasteiger partial charge in [0.1, 0.15) is 0 Å². The molecule has 0 fully saturated rings. The van der Waals surface area contributed by atoms with Crippen molar-refractivity contribution in [1.29, 1.82) is 0 Å². The third kappa shape index (κ3) is 6.82. The lowest BCUT2D eigenvalue weighted by molar-refractivity contribution is -0.137.